The van der Waals surface area contributed by atoms with Gasteiger partial charge in [-0.05, 0) is 12.8 Å². The molecule has 1 aliphatic carbocycles. The van der Waals surface area contributed by atoms with Gasteiger partial charge in [-0.1, -0.05) is 19.3 Å². The highest BCUT2D eigenvalue weighted by atomic mass is 16.3. The van der Waals surface area contributed by atoms with E-state index in [4.69, 9.17) is 5.73 Å². The number of aliphatic hydroxyl groups is 2. The van der Waals surface area contributed by atoms with E-state index >= 15 is 0 Å². The third-order valence-corrected chi connectivity index (χ3v) is 3.96. The molecular weight excluding hydrogens is 220 g/mol. The lowest BCUT2D eigenvalue weighted by molar-refractivity contribution is -0.135. The summed E-state index contributed by atoms with van der Waals surface area (Å²) in [4.78, 5) is 13.8. The molecule has 1 heterocycles. The van der Waals surface area contributed by atoms with Crippen molar-refractivity contribution < 1.29 is 15.0 Å². The van der Waals surface area contributed by atoms with Gasteiger partial charge in [-0.15, -0.1) is 0 Å². The molecule has 4 atom stereocenters. The van der Waals surface area contributed by atoms with Crippen LogP contribution in [0.5, 0.6) is 0 Å². The summed E-state index contributed by atoms with van der Waals surface area (Å²) in [5.74, 6) is -0.120. The van der Waals surface area contributed by atoms with Crippen molar-refractivity contribution in [3.05, 3.63) is 0 Å². The Morgan fingerprint density at radius 3 is 2.29 bits per heavy atom. The zero-order chi connectivity index (χ0) is 12.4. The van der Waals surface area contributed by atoms with Crippen LogP contribution in [0.2, 0.25) is 0 Å². The number of nitrogens with zero attached hydrogens (tertiary/aromatic N) is 1. The lowest BCUT2D eigenvalue weighted by Gasteiger charge is -2.26. The number of carbonyl (C=O) groups is 1. The van der Waals surface area contributed by atoms with Gasteiger partial charge in [0.2, 0.25) is 5.91 Å². The number of nitrogens with two attached hydrogens (primary N) is 1. The molecule has 98 valence electrons. The molecule has 2 fully saturated rings. The minimum absolute atomic E-state index is 0.00926. The van der Waals surface area contributed by atoms with Crippen LogP contribution in [0, 0.1) is 5.92 Å². The molecule has 0 radical (unpaired) electrons. The number of likely N-dealkylation sites (tertiary alicyclic amines) is 1. The first-order chi connectivity index (χ1) is 8.09. The van der Waals surface area contributed by atoms with E-state index in [9.17, 15) is 15.0 Å². The summed E-state index contributed by atoms with van der Waals surface area (Å²) in [5, 5.41) is 18.9. The largest absolute Gasteiger partial charge is 0.388 e. The van der Waals surface area contributed by atoms with E-state index in [0.717, 1.165) is 32.1 Å². The van der Waals surface area contributed by atoms with E-state index in [1.54, 1.807) is 4.90 Å². The topological polar surface area (TPSA) is 86.8 Å². The number of rotatable bonds is 1. The van der Waals surface area contributed by atoms with E-state index < -0.39 is 12.2 Å². The van der Waals surface area contributed by atoms with Crippen LogP contribution in [0.3, 0.4) is 0 Å². The molecule has 0 aromatic rings. The maximum atomic E-state index is 12.3. The van der Waals surface area contributed by atoms with Gasteiger partial charge in [0.05, 0.1) is 18.1 Å². The van der Waals surface area contributed by atoms with E-state index in [0.29, 0.717) is 0 Å². The van der Waals surface area contributed by atoms with E-state index in [1.807, 2.05) is 0 Å². The maximum Gasteiger partial charge on any atom is 0.227 e. The van der Waals surface area contributed by atoms with E-state index in [-0.39, 0.29) is 31.0 Å². The van der Waals surface area contributed by atoms with Gasteiger partial charge in [-0.3, -0.25) is 4.79 Å². The highest BCUT2D eigenvalue weighted by molar-refractivity contribution is 5.80. The molecule has 2 aliphatic rings. The average Bonchev–Trinajstić information content (AvgIpc) is 2.51. The van der Waals surface area contributed by atoms with Crippen LogP contribution in [-0.2, 0) is 4.79 Å². The molecule has 1 amide bonds. The lowest BCUT2D eigenvalue weighted by atomic mass is 9.94. The molecule has 1 saturated heterocycles. The smallest absolute Gasteiger partial charge is 0.227 e. The Morgan fingerprint density at radius 1 is 1.06 bits per heavy atom. The molecule has 0 spiro atoms. The quantitative estimate of drug-likeness (QED) is 0.539. The lowest BCUT2D eigenvalue weighted by Crippen LogP contribution is -2.43. The minimum Gasteiger partial charge on any atom is -0.388 e. The standard InChI is InChI=1S/C12H22N2O3/c13-9-5-3-1-2-4-8(9)12(17)14-6-10(15)11(16)7-14/h8-11,15-16H,1-7,13H2/t8?,9?,10-,11+. The number of amides is 1. The summed E-state index contributed by atoms with van der Waals surface area (Å²) in [6.07, 6.45) is 3.40. The fourth-order valence-electron chi connectivity index (χ4n) is 2.83. The van der Waals surface area contributed by atoms with Crippen LogP contribution in [0.15, 0.2) is 0 Å². The second-order valence-corrected chi connectivity index (χ2v) is 5.29. The number of hydrogen-bond acceptors (Lipinski definition) is 4. The van der Waals surface area contributed by atoms with Crippen LogP contribution in [-0.4, -0.2) is 52.4 Å². The predicted molar refractivity (Wildman–Crippen MR) is 63.1 cm³/mol. The van der Waals surface area contributed by atoms with E-state index in [2.05, 4.69) is 0 Å². The number of hydrogen-bond donors (Lipinski definition) is 3. The third kappa shape index (κ3) is 2.78. The van der Waals surface area contributed by atoms with Crippen molar-refractivity contribution in [2.24, 2.45) is 11.7 Å². The van der Waals surface area contributed by atoms with Crippen molar-refractivity contribution >= 4 is 5.91 Å². The third-order valence-electron chi connectivity index (χ3n) is 3.96. The summed E-state index contributed by atoms with van der Waals surface area (Å²) < 4.78 is 0. The molecular formula is C12H22N2O3. The normalized spacial score (nSPS) is 39.1. The van der Waals surface area contributed by atoms with Crippen LogP contribution in [0.1, 0.15) is 32.1 Å². The monoisotopic (exact) mass is 242 g/mol. The zero-order valence-corrected chi connectivity index (χ0v) is 10.1. The Labute approximate surface area is 102 Å². The predicted octanol–water partition coefficient (Wildman–Crippen LogP) is -0.542. The van der Waals surface area contributed by atoms with Crippen molar-refractivity contribution in [2.45, 2.75) is 50.4 Å². The first kappa shape index (κ1) is 12.8. The number of carbonyl (C=O) groups excluding carboxylic acids is 1. The van der Waals surface area contributed by atoms with Crippen molar-refractivity contribution in [1.82, 2.24) is 4.90 Å². The first-order valence-corrected chi connectivity index (χ1v) is 6.50. The molecule has 1 saturated carbocycles. The van der Waals surface area contributed by atoms with Gasteiger partial charge < -0.3 is 20.8 Å². The second kappa shape index (κ2) is 5.33. The first-order valence-electron chi connectivity index (χ1n) is 6.50. The fourth-order valence-corrected chi connectivity index (χ4v) is 2.83. The molecule has 5 heteroatoms. The molecule has 2 rings (SSSR count). The Bertz CT molecular complexity index is 275. The Balaban J connectivity index is 1.98. The minimum atomic E-state index is -0.805. The molecule has 0 bridgehead atoms. The van der Waals surface area contributed by atoms with Gasteiger partial charge >= 0.3 is 0 Å². The van der Waals surface area contributed by atoms with Gasteiger partial charge in [0.25, 0.3) is 0 Å². The second-order valence-electron chi connectivity index (χ2n) is 5.29. The van der Waals surface area contributed by atoms with Crippen molar-refractivity contribution in [3.63, 3.8) is 0 Å². The van der Waals surface area contributed by atoms with Gasteiger partial charge in [0.1, 0.15) is 0 Å². The Kier molecular flexibility index (Phi) is 4.01. The SMILES string of the molecule is NC1CCCCCC1C(=O)N1C[C@@H](O)[C@@H](O)C1. The van der Waals surface area contributed by atoms with Crippen LogP contribution in [0.25, 0.3) is 0 Å². The van der Waals surface area contributed by atoms with Gasteiger partial charge in [-0.2, -0.15) is 0 Å². The summed E-state index contributed by atoms with van der Waals surface area (Å²) in [6, 6.07) is -0.0696. The van der Waals surface area contributed by atoms with Crippen molar-refractivity contribution in [1.29, 1.82) is 0 Å². The number of β-amino-alcohol motifs (C(OH)–C–C–N with tert-alkyl or cyclic N) is 2. The molecule has 2 unspecified atom stereocenters. The highest BCUT2D eigenvalue weighted by Gasteiger charge is 2.37. The Morgan fingerprint density at radius 2 is 1.65 bits per heavy atom. The maximum absolute atomic E-state index is 12.3. The van der Waals surface area contributed by atoms with Crippen molar-refractivity contribution in [2.75, 3.05) is 13.1 Å². The van der Waals surface area contributed by atoms with E-state index in [1.165, 1.54) is 0 Å². The average molecular weight is 242 g/mol. The summed E-state index contributed by atoms with van der Waals surface area (Å²) in [6.45, 7) is 0.479. The van der Waals surface area contributed by atoms with Crippen molar-refractivity contribution in [3.8, 4) is 0 Å². The molecule has 17 heavy (non-hydrogen) atoms. The van der Waals surface area contributed by atoms with Gasteiger partial charge in [-0.25, -0.2) is 0 Å². The summed E-state index contributed by atoms with van der Waals surface area (Å²) in [7, 11) is 0. The summed E-state index contributed by atoms with van der Waals surface area (Å²) in [5.41, 5.74) is 6.04. The number of aliphatic hydroxyl groups excluding tert-OH is 2. The van der Waals surface area contributed by atoms with Gasteiger partial charge in [0.15, 0.2) is 0 Å². The van der Waals surface area contributed by atoms with Gasteiger partial charge in [0, 0.05) is 19.1 Å². The molecule has 0 aromatic carbocycles. The van der Waals surface area contributed by atoms with Crippen LogP contribution < -0.4 is 5.73 Å². The van der Waals surface area contributed by atoms with Crippen LogP contribution in [0.4, 0.5) is 0 Å². The highest BCUT2D eigenvalue weighted by Crippen LogP contribution is 2.25. The molecule has 1 aliphatic heterocycles. The van der Waals surface area contributed by atoms with Crippen LogP contribution >= 0.6 is 0 Å². The molecule has 0 aromatic heterocycles. The molecule has 5 nitrogen and oxygen atoms in total. The fraction of sp³-hybridized carbons (Fsp3) is 0.917. The zero-order valence-electron chi connectivity index (χ0n) is 10.1. The Hall–Kier alpha value is -0.650. The summed E-state index contributed by atoms with van der Waals surface area (Å²) >= 11 is 0. The molecule has 4 N–H and O–H groups in total.